The van der Waals surface area contributed by atoms with E-state index in [9.17, 15) is 0 Å². The third-order valence-electron chi connectivity index (χ3n) is 8.03. The zero-order valence-corrected chi connectivity index (χ0v) is 22.8. The number of fused-ring (bicyclic) bond motifs is 4. The molecule has 3 heteroatoms. The second-order valence-electron chi connectivity index (χ2n) is 11.0. The average molecular weight is 506 g/mol. The lowest BCUT2D eigenvalue weighted by Crippen LogP contribution is -2.59. The quantitative estimate of drug-likeness (QED) is 0.229. The third-order valence-corrected chi connectivity index (χ3v) is 8.03. The van der Waals surface area contributed by atoms with Crippen molar-refractivity contribution >= 4 is 23.1 Å². The fourth-order valence-electron chi connectivity index (χ4n) is 6.50. The van der Waals surface area contributed by atoms with Gasteiger partial charge in [0.05, 0.1) is 0 Å². The molecule has 190 valence electrons. The van der Waals surface area contributed by atoms with E-state index in [2.05, 4.69) is 118 Å². The van der Waals surface area contributed by atoms with Crippen LogP contribution in [0.25, 0.3) is 11.1 Å². The first-order valence-corrected chi connectivity index (χ1v) is 14.0. The smallest absolute Gasteiger partial charge is 0.261 e. The average Bonchev–Trinajstić information content (AvgIpc) is 2.93. The molecule has 0 saturated heterocycles. The van der Waals surface area contributed by atoms with Gasteiger partial charge in [-0.05, 0) is 89.7 Å². The first kappa shape index (κ1) is 23.9. The molecule has 0 spiro atoms. The van der Waals surface area contributed by atoms with Crippen LogP contribution in [0.1, 0.15) is 41.2 Å². The highest BCUT2D eigenvalue weighted by Crippen LogP contribution is 2.39. The molecule has 39 heavy (non-hydrogen) atoms. The lowest BCUT2D eigenvalue weighted by Gasteiger charge is -2.35. The van der Waals surface area contributed by atoms with E-state index in [-0.39, 0.29) is 6.71 Å². The van der Waals surface area contributed by atoms with Crippen LogP contribution in [0.15, 0.2) is 97.1 Å². The van der Waals surface area contributed by atoms with Crippen LogP contribution in [0.4, 0.5) is 0 Å². The van der Waals surface area contributed by atoms with Crippen molar-refractivity contribution in [2.75, 3.05) is 0 Å². The van der Waals surface area contributed by atoms with Gasteiger partial charge in [-0.15, -0.1) is 0 Å². The van der Waals surface area contributed by atoms with Crippen LogP contribution in [0.2, 0.25) is 0 Å². The van der Waals surface area contributed by atoms with Crippen LogP contribution in [0.5, 0.6) is 23.0 Å². The molecule has 0 unspecified atom stereocenters. The fourth-order valence-corrected chi connectivity index (χ4v) is 6.50. The van der Waals surface area contributed by atoms with E-state index < -0.39 is 0 Å². The van der Waals surface area contributed by atoms with E-state index in [1.165, 1.54) is 44.3 Å². The van der Waals surface area contributed by atoms with Gasteiger partial charge in [0.1, 0.15) is 23.0 Å². The highest BCUT2D eigenvalue weighted by atomic mass is 16.5. The van der Waals surface area contributed by atoms with Crippen molar-refractivity contribution in [2.45, 2.75) is 40.0 Å². The van der Waals surface area contributed by atoms with Crippen molar-refractivity contribution in [1.29, 1.82) is 0 Å². The van der Waals surface area contributed by atoms with Crippen LogP contribution < -0.4 is 25.9 Å². The van der Waals surface area contributed by atoms with E-state index in [0.29, 0.717) is 0 Å². The minimum Gasteiger partial charge on any atom is -0.458 e. The van der Waals surface area contributed by atoms with Crippen molar-refractivity contribution in [3.05, 3.63) is 125 Å². The molecule has 2 aliphatic heterocycles. The SMILES string of the molecule is CCCc1cccc2c1B1c3c(Cc4ccccc4)cccc3Oc3cc(-c4cc(C)cc(C)c4)cc(c31)O2. The Kier molecular flexibility index (Phi) is 5.81. The zero-order valence-electron chi connectivity index (χ0n) is 22.8. The predicted molar refractivity (Wildman–Crippen MR) is 162 cm³/mol. The molecule has 5 aromatic rings. The van der Waals surface area contributed by atoms with Crippen molar-refractivity contribution < 1.29 is 9.47 Å². The number of ether oxygens (including phenoxy) is 2. The molecule has 0 aromatic heterocycles. The maximum absolute atomic E-state index is 6.76. The van der Waals surface area contributed by atoms with E-state index in [1.807, 2.05) is 0 Å². The van der Waals surface area contributed by atoms with Gasteiger partial charge in [0.25, 0.3) is 6.71 Å². The normalized spacial score (nSPS) is 12.6. The summed E-state index contributed by atoms with van der Waals surface area (Å²) in [6, 6.07) is 34.9. The van der Waals surface area contributed by atoms with Crippen LogP contribution in [0, 0.1) is 13.8 Å². The van der Waals surface area contributed by atoms with Crippen molar-refractivity contribution in [3.8, 4) is 34.1 Å². The summed E-state index contributed by atoms with van der Waals surface area (Å²) in [5.74, 6) is 3.70. The summed E-state index contributed by atoms with van der Waals surface area (Å²) >= 11 is 0. The van der Waals surface area contributed by atoms with Gasteiger partial charge in [-0.2, -0.15) is 0 Å². The van der Waals surface area contributed by atoms with Crippen molar-refractivity contribution in [2.24, 2.45) is 0 Å². The molecule has 0 radical (unpaired) electrons. The van der Waals surface area contributed by atoms with Crippen molar-refractivity contribution in [1.82, 2.24) is 0 Å². The molecule has 2 nitrogen and oxygen atoms in total. The molecule has 5 aromatic carbocycles. The number of hydrogen-bond donors (Lipinski definition) is 0. The minimum atomic E-state index is 0.0680. The molecule has 2 heterocycles. The highest BCUT2D eigenvalue weighted by Gasteiger charge is 2.42. The Labute approximate surface area is 231 Å². The van der Waals surface area contributed by atoms with Gasteiger partial charge >= 0.3 is 0 Å². The van der Waals surface area contributed by atoms with Gasteiger partial charge in [-0.3, -0.25) is 0 Å². The first-order valence-electron chi connectivity index (χ1n) is 14.0. The number of rotatable bonds is 5. The Hall–Kier alpha value is -4.24. The molecule has 0 aliphatic carbocycles. The maximum atomic E-state index is 6.76. The zero-order chi connectivity index (χ0) is 26.5. The predicted octanol–water partition coefficient (Wildman–Crippen LogP) is 7.24. The maximum Gasteiger partial charge on any atom is 0.261 e. The molecule has 0 atom stereocenters. The summed E-state index contributed by atoms with van der Waals surface area (Å²) in [6.07, 6.45) is 2.97. The second-order valence-corrected chi connectivity index (χ2v) is 11.0. The first-order chi connectivity index (χ1) is 19.1. The van der Waals surface area contributed by atoms with E-state index in [0.717, 1.165) is 53.3 Å². The lowest BCUT2D eigenvalue weighted by molar-refractivity contribution is 0.464. The van der Waals surface area contributed by atoms with Crippen molar-refractivity contribution in [3.63, 3.8) is 0 Å². The Bertz CT molecular complexity index is 1680. The number of hydrogen-bond acceptors (Lipinski definition) is 2. The summed E-state index contributed by atoms with van der Waals surface area (Å²) in [5.41, 5.74) is 12.5. The molecule has 0 saturated carbocycles. The van der Waals surface area contributed by atoms with Gasteiger partial charge in [0, 0.05) is 5.46 Å². The monoisotopic (exact) mass is 506 g/mol. The van der Waals surface area contributed by atoms with Gasteiger partial charge in [-0.1, -0.05) is 97.3 Å². The molecule has 0 amide bonds. The topological polar surface area (TPSA) is 18.5 Å². The molecular weight excluding hydrogens is 475 g/mol. The van der Waals surface area contributed by atoms with Gasteiger partial charge < -0.3 is 9.47 Å². The van der Waals surface area contributed by atoms with E-state index in [4.69, 9.17) is 9.47 Å². The van der Waals surface area contributed by atoms with Crippen LogP contribution in [0.3, 0.4) is 0 Å². The standard InChI is InChI=1S/C36H31BO2/c1-4-10-26-13-8-15-30-34(26)37-35-27(20-25-11-6-5-7-12-25)14-9-16-31(35)39-33-22-29(21-32(38-30)36(33)37)28-18-23(2)17-24(3)19-28/h5-9,11-19,21-22H,4,10,20H2,1-3H3. The fraction of sp³-hybridized carbons (Fsp3) is 0.167. The summed E-state index contributed by atoms with van der Waals surface area (Å²) in [7, 11) is 0. The summed E-state index contributed by atoms with van der Waals surface area (Å²) in [5, 5.41) is 0. The third kappa shape index (κ3) is 4.14. The van der Waals surface area contributed by atoms with Crippen LogP contribution >= 0.6 is 0 Å². The molecule has 0 N–H and O–H groups in total. The van der Waals surface area contributed by atoms with Crippen LogP contribution in [-0.2, 0) is 12.8 Å². The van der Waals surface area contributed by atoms with Crippen LogP contribution in [-0.4, -0.2) is 6.71 Å². The molecular formula is C36H31BO2. The van der Waals surface area contributed by atoms with E-state index >= 15 is 0 Å². The Morgan fingerprint density at radius 3 is 1.79 bits per heavy atom. The summed E-state index contributed by atoms with van der Waals surface area (Å²) in [4.78, 5) is 0. The van der Waals surface area contributed by atoms with Gasteiger partial charge in [0.15, 0.2) is 0 Å². The van der Waals surface area contributed by atoms with Gasteiger partial charge in [0.2, 0.25) is 0 Å². The highest BCUT2D eigenvalue weighted by molar-refractivity contribution is 6.98. The molecule has 0 bridgehead atoms. The molecule has 7 rings (SSSR count). The summed E-state index contributed by atoms with van der Waals surface area (Å²) in [6.45, 7) is 6.62. The Balaban J connectivity index is 1.47. The molecule has 2 aliphatic rings. The number of aryl methyl sites for hydroxylation is 3. The Morgan fingerprint density at radius 1 is 0.564 bits per heavy atom. The lowest BCUT2D eigenvalue weighted by atomic mass is 9.33. The minimum absolute atomic E-state index is 0.0680. The van der Waals surface area contributed by atoms with E-state index in [1.54, 1.807) is 0 Å². The number of benzene rings is 5. The Morgan fingerprint density at radius 2 is 1.15 bits per heavy atom. The second kappa shape index (κ2) is 9.50. The summed E-state index contributed by atoms with van der Waals surface area (Å²) < 4.78 is 13.5. The van der Waals surface area contributed by atoms with Gasteiger partial charge in [-0.25, -0.2) is 0 Å². The molecule has 0 fully saturated rings. The largest absolute Gasteiger partial charge is 0.458 e.